The first-order valence-electron chi connectivity index (χ1n) is 9.39. The van der Waals surface area contributed by atoms with Crippen molar-refractivity contribution in [3.63, 3.8) is 0 Å². The number of rotatable bonds is 4. The summed E-state index contributed by atoms with van der Waals surface area (Å²) < 4.78 is 0. The molecule has 2 aliphatic heterocycles. The van der Waals surface area contributed by atoms with Crippen LogP contribution in [0.3, 0.4) is 0 Å². The SMILES string of the molecule is CC(C)N1CCC(CC(C)(C)N2CCC3(CC3)C2)C12CC2. The van der Waals surface area contributed by atoms with E-state index in [0.29, 0.717) is 11.1 Å². The van der Waals surface area contributed by atoms with Crippen LogP contribution in [0, 0.1) is 11.3 Å². The molecule has 2 heterocycles. The van der Waals surface area contributed by atoms with Crippen LogP contribution < -0.4 is 0 Å². The third kappa shape index (κ3) is 2.28. The van der Waals surface area contributed by atoms with Crippen molar-refractivity contribution in [2.24, 2.45) is 11.3 Å². The van der Waals surface area contributed by atoms with E-state index in [4.69, 9.17) is 0 Å². The summed E-state index contributed by atoms with van der Waals surface area (Å²) in [5, 5.41) is 0. The molecule has 2 saturated carbocycles. The zero-order valence-electron chi connectivity index (χ0n) is 14.6. The lowest BCUT2D eigenvalue weighted by Crippen LogP contribution is -2.47. The van der Waals surface area contributed by atoms with Crippen molar-refractivity contribution in [3.8, 4) is 0 Å². The average molecular weight is 290 g/mol. The summed E-state index contributed by atoms with van der Waals surface area (Å²) in [6, 6.07) is 0.738. The lowest BCUT2D eigenvalue weighted by Gasteiger charge is -2.40. The summed E-state index contributed by atoms with van der Waals surface area (Å²) in [5.41, 5.74) is 1.80. The van der Waals surface area contributed by atoms with Gasteiger partial charge in [-0.2, -0.15) is 0 Å². The van der Waals surface area contributed by atoms with Crippen LogP contribution in [0.2, 0.25) is 0 Å². The maximum Gasteiger partial charge on any atom is 0.0243 e. The molecule has 4 aliphatic rings. The molecule has 120 valence electrons. The Balaban J connectivity index is 1.43. The molecular weight excluding hydrogens is 256 g/mol. The highest BCUT2D eigenvalue weighted by Gasteiger charge is 2.59. The van der Waals surface area contributed by atoms with E-state index in [1.54, 1.807) is 0 Å². The maximum absolute atomic E-state index is 2.84. The highest BCUT2D eigenvalue weighted by molar-refractivity contribution is 5.14. The van der Waals surface area contributed by atoms with Gasteiger partial charge in [0.15, 0.2) is 0 Å². The van der Waals surface area contributed by atoms with Gasteiger partial charge in [-0.1, -0.05) is 0 Å². The highest BCUT2D eigenvalue weighted by Crippen LogP contribution is 2.58. The molecule has 0 bridgehead atoms. The van der Waals surface area contributed by atoms with Crippen LogP contribution in [0.25, 0.3) is 0 Å². The maximum atomic E-state index is 2.84. The molecule has 0 radical (unpaired) electrons. The second-order valence-corrected chi connectivity index (χ2v) is 9.56. The third-order valence-electron chi connectivity index (χ3n) is 7.43. The van der Waals surface area contributed by atoms with Crippen LogP contribution in [0.15, 0.2) is 0 Å². The van der Waals surface area contributed by atoms with Gasteiger partial charge in [0.2, 0.25) is 0 Å². The molecule has 1 unspecified atom stereocenters. The summed E-state index contributed by atoms with van der Waals surface area (Å²) in [7, 11) is 0. The second kappa shape index (κ2) is 4.47. The van der Waals surface area contributed by atoms with Gasteiger partial charge in [0.1, 0.15) is 0 Å². The first-order valence-corrected chi connectivity index (χ1v) is 9.39. The highest BCUT2D eigenvalue weighted by atomic mass is 15.3. The van der Waals surface area contributed by atoms with E-state index in [1.165, 1.54) is 64.6 Å². The zero-order chi connectivity index (χ0) is 14.9. The Morgan fingerprint density at radius 3 is 2.29 bits per heavy atom. The van der Waals surface area contributed by atoms with Crippen molar-refractivity contribution in [2.45, 2.75) is 89.8 Å². The minimum Gasteiger partial charge on any atom is -0.298 e. The minimum atomic E-state index is 0.416. The molecule has 2 heteroatoms. The molecule has 0 aromatic rings. The molecule has 1 atom stereocenters. The van der Waals surface area contributed by atoms with E-state index in [9.17, 15) is 0 Å². The van der Waals surface area contributed by atoms with Crippen molar-refractivity contribution in [1.29, 1.82) is 0 Å². The second-order valence-electron chi connectivity index (χ2n) is 9.56. The van der Waals surface area contributed by atoms with Crippen LogP contribution in [0.5, 0.6) is 0 Å². The standard InChI is InChI=1S/C19H34N2/c1-15(2)21-11-5-16(19(21)8-9-19)13-17(3,4)20-12-10-18(14-20)6-7-18/h15-16H,5-14H2,1-4H3. The molecule has 2 spiro atoms. The Labute approximate surface area is 131 Å². The summed E-state index contributed by atoms with van der Waals surface area (Å²) in [5.74, 6) is 0.950. The predicted octanol–water partition coefficient (Wildman–Crippen LogP) is 3.90. The number of hydrogen-bond acceptors (Lipinski definition) is 2. The predicted molar refractivity (Wildman–Crippen MR) is 88.5 cm³/mol. The fraction of sp³-hybridized carbons (Fsp3) is 1.00. The molecule has 2 aliphatic carbocycles. The summed E-state index contributed by atoms with van der Waals surface area (Å²) >= 11 is 0. The summed E-state index contributed by atoms with van der Waals surface area (Å²) in [6.07, 6.45) is 10.3. The Bertz CT molecular complexity index is 417. The summed E-state index contributed by atoms with van der Waals surface area (Å²) in [4.78, 5) is 5.67. The smallest absolute Gasteiger partial charge is 0.0243 e. The van der Waals surface area contributed by atoms with E-state index >= 15 is 0 Å². The van der Waals surface area contributed by atoms with Crippen LogP contribution in [0.4, 0.5) is 0 Å². The molecule has 0 aromatic carbocycles. The number of nitrogens with zero attached hydrogens (tertiary/aromatic N) is 2. The summed E-state index contributed by atoms with van der Waals surface area (Å²) in [6.45, 7) is 14.0. The Hall–Kier alpha value is -0.0800. The normalized spacial score (nSPS) is 34.4. The molecule has 0 N–H and O–H groups in total. The molecule has 4 rings (SSSR count). The zero-order valence-corrected chi connectivity index (χ0v) is 14.6. The van der Waals surface area contributed by atoms with Gasteiger partial charge in [0.05, 0.1) is 0 Å². The third-order valence-corrected chi connectivity index (χ3v) is 7.43. The van der Waals surface area contributed by atoms with Crippen LogP contribution in [-0.2, 0) is 0 Å². The van der Waals surface area contributed by atoms with Gasteiger partial charge in [-0.15, -0.1) is 0 Å². The number of hydrogen-bond donors (Lipinski definition) is 0. The lowest BCUT2D eigenvalue weighted by atomic mass is 9.83. The van der Waals surface area contributed by atoms with Crippen molar-refractivity contribution in [3.05, 3.63) is 0 Å². The molecule has 2 saturated heterocycles. The van der Waals surface area contributed by atoms with Crippen molar-refractivity contribution in [1.82, 2.24) is 9.80 Å². The van der Waals surface area contributed by atoms with Crippen molar-refractivity contribution >= 4 is 0 Å². The van der Waals surface area contributed by atoms with Crippen molar-refractivity contribution < 1.29 is 0 Å². The first kappa shape index (κ1) is 14.5. The van der Waals surface area contributed by atoms with E-state index in [2.05, 4.69) is 37.5 Å². The molecule has 0 aromatic heterocycles. The average Bonchev–Trinajstić information content (AvgIpc) is 3.23. The molecule has 4 fully saturated rings. The van der Waals surface area contributed by atoms with Crippen LogP contribution >= 0.6 is 0 Å². The Morgan fingerprint density at radius 1 is 1.05 bits per heavy atom. The molecular formula is C19H34N2. The Morgan fingerprint density at radius 2 is 1.76 bits per heavy atom. The van der Waals surface area contributed by atoms with E-state index in [-0.39, 0.29) is 0 Å². The monoisotopic (exact) mass is 290 g/mol. The fourth-order valence-electron chi connectivity index (χ4n) is 5.68. The van der Waals surface area contributed by atoms with E-state index in [0.717, 1.165) is 17.4 Å². The fourth-order valence-corrected chi connectivity index (χ4v) is 5.68. The van der Waals surface area contributed by atoms with Gasteiger partial charge in [-0.05, 0) is 97.1 Å². The quantitative estimate of drug-likeness (QED) is 0.774. The van der Waals surface area contributed by atoms with E-state index < -0.39 is 0 Å². The molecule has 21 heavy (non-hydrogen) atoms. The molecule has 0 amide bonds. The van der Waals surface area contributed by atoms with Gasteiger partial charge >= 0.3 is 0 Å². The number of likely N-dealkylation sites (tertiary alicyclic amines) is 2. The van der Waals surface area contributed by atoms with Crippen LogP contribution in [-0.4, -0.2) is 46.6 Å². The Kier molecular flexibility index (Phi) is 3.09. The van der Waals surface area contributed by atoms with Gasteiger partial charge < -0.3 is 0 Å². The topological polar surface area (TPSA) is 6.48 Å². The molecule has 2 nitrogen and oxygen atoms in total. The minimum absolute atomic E-state index is 0.416. The first-order chi connectivity index (χ1) is 9.87. The van der Waals surface area contributed by atoms with Gasteiger partial charge in [-0.3, -0.25) is 9.80 Å². The van der Waals surface area contributed by atoms with Crippen LogP contribution in [0.1, 0.15) is 72.6 Å². The lowest BCUT2D eigenvalue weighted by molar-refractivity contribution is 0.0892. The van der Waals surface area contributed by atoms with Gasteiger partial charge in [-0.25, -0.2) is 0 Å². The van der Waals surface area contributed by atoms with Gasteiger partial charge in [0, 0.05) is 23.7 Å². The van der Waals surface area contributed by atoms with E-state index in [1.807, 2.05) is 0 Å². The van der Waals surface area contributed by atoms with Crippen molar-refractivity contribution in [2.75, 3.05) is 19.6 Å². The largest absolute Gasteiger partial charge is 0.298 e. The van der Waals surface area contributed by atoms with Gasteiger partial charge in [0.25, 0.3) is 0 Å².